The SMILES string of the molecule is CC[C@@H](C)c1ccccc1N1C[C@@H](C(=O)OCC(=O)N2CCCC2=O)CC1=O. The van der Waals surface area contributed by atoms with E-state index in [2.05, 4.69) is 13.8 Å². The van der Waals surface area contributed by atoms with Crippen molar-refractivity contribution in [3.8, 4) is 0 Å². The summed E-state index contributed by atoms with van der Waals surface area (Å²) in [6.07, 6.45) is 1.99. The summed E-state index contributed by atoms with van der Waals surface area (Å²) >= 11 is 0. The molecule has 28 heavy (non-hydrogen) atoms. The average Bonchev–Trinajstić information content (AvgIpc) is 3.30. The van der Waals surface area contributed by atoms with Crippen LogP contribution in [0, 0.1) is 5.92 Å². The van der Waals surface area contributed by atoms with E-state index in [4.69, 9.17) is 4.74 Å². The second-order valence-electron chi connectivity index (χ2n) is 7.42. The van der Waals surface area contributed by atoms with Crippen LogP contribution in [0.1, 0.15) is 51.0 Å². The number of likely N-dealkylation sites (tertiary alicyclic amines) is 1. The van der Waals surface area contributed by atoms with Crippen LogP contribution in [0.3, 0.4) is 0 Å². The van der Waals surface area contributed by atoms with Crippen molar-refractivity contribution in [2.75, 3.05) is 24.6 Å². The quantitative estimate of drug-likeness (QED) is 0.700. The van der Waals surface area contributed by atoms with Crippen molar-refractivity contribution < 1.29 is 23.9 Å². The van der Waals surface area contributed by atoms with Gasteiger partial charge in [-0.1, -0.05) is 32.0 Å². The maximum atomic E-state index is 12.5. The Morgan fingerprint density at radius 3 is 2.64 bits per heavy atom. The molecule has 150 valence electrons. The molecule has 0 aromatic heterocycles. The van der Waals surface area contributed by atoms with Gasteiger partial charge in [-0.05, 0) is 30.4 Å². The third kappa shape index (κ3) is 4.08. The number of anilines is 1. The number of nitrogens with zero attached hydrogens (tertiary/aromatic N) is 2. The first kappa shape index (κ1) is 20.0. The molecule has 0 radical (unpaired) electrons. The lowest BCUT2D eigenvalue weighted by atomic mass is 9.96. The zero-order chi connectivity index (χ0) is 20.3. The lowest BCUT2D eigenvalue weighted by molar-refractivity contribution is -0.157. The molecule has 2 aliphatic rings. The third-order valence-corrected chi connectivity index (χ3v) is 5.54. The van der Waals surface area contributed by atoms with E-state index in [-0.39, 0.29) is 24.8 Å². The highest BCUT2D eigenvalue weighted by molar-refractivity contribution is 6.01. The van der Waals surface area contributed by atoms with Crippen molar-refractivity contribution in [1.82, 2.24) is 4.90 Å². The predicted octanol–water partition coefficient (Wildman–Crippen LogP) is 2.25. The minimum atomic E-state index is -0.612. The molecule has 7 heteroatoms. The topological polar surface area (TPSA) is 84.0 Å². The molecule has 1 aromatic carbocycles. The maximum Gasteiger partial charge on any atom is 0.311 e. The Morgan fingerprint density at radius 2 is 1.96 bits per heavy atom. The molecule has 0 spiro atoms. The van der Waals surface area contributed by atoms with Crippen LogP contribution in [0.5, 0.6) is 0 Å². The first-order valence-electron chi connectivity index (χ1n) is 9.81. The number of esters is 1. The molecule has 3 amide bonds. The van der Waals surface area contributed by atoms with Gasteiger partial charge in [0.15, 0.2) is 6.61 Å². The van der Waals surface area contributed by atoms with Crippen molar-refractivity contribution >= 4 is 29.4 Å². The van der Waals surface area contributed by atoms with Crippen LogP contribution >= 0.6 is 0 Å². The summed E-state index contributed by atoms with van der Waals surface area (Å²) in [6, 6.07) is 7.73. The van der Waals surface area contributed by atoms with E-state index >= 15 is 0 Å². The lowest BCUT2D eigenvalue weighted by Gasteiger charge is -2.23. The van der Waals surface area contributed by atoms with Gasteiger partial charge in [0.2, 0.25) is 11.8 Å². The summed E-state index contributed by atoms with van der Waals surface area (Å²) in [5.41, 5.74) is 1.91. The first-order chi connectivity index (χ1) is 13.4. The Hall–Kier alpha value is -2.70. The van der Waals surface area contributed by atoms with Crippen LogP contribution in [0.2, 0.25) is 0 Å². The molecule has 3 rings (SSSR count). The molecule has 0 bridgehead atoms. The van der Waals surface area contributed by atoms with Crippen molar-refractivity contribution in [3.05, 3.63) is 29.8 Å². The Morgan fingerprint density at radius 1 is 1.21 bits per heavy atom. The van der Waals surface area contributed by atoms with Gasteiger partial charge in [-0.15, -0.1) is 0 Å². The smallest absolute Gasteiger partial charge is 0.311 e. The number of rotatable bonds is 6. The zero-order valence-electron chi connectivity index (χ0n) is 16.3. The highest BCUT2D eigenvalue weighted by Gasteiger charge is 2.38. The average molecular weight is 386 g/mol. The summed E-state index contributed by atoms with van der Waals surface area (Å²) in [7, 11) is 0. The number of carbonyl (C=O) groups is 4. The standard InChI is InChI=1S/C21H26N2O5/c1-3-14(2)16-7-4-5-8-17(16)23-12-15(11-19(23)25)21(27)28-13-20(26)22-10-6-9-18(22)24/h4-5,7-8,14-15H,3,6,9-13H2,1-2H3/t14-,15+/m1/s1. The monoisotopic (exact) mass is 386 g/mol. The summed E-state index contributed by atoms with van der Waals surface area (Å²) in [5.74, 6) is -1.75. The Balaban J connectivity index is 1.62. The van der Waals surface area contributed by atoms with Gasteiger partial charge in [-0.25, -0.2) is 0 Å². The molecule has 0 N–H and O–H groups in total. The van der Waals surface area contributed by atoms with Crippen LogP contribution in [-0.4, -0.2) is 48.3 Å². The largest absolute Gasteiger partial charge is 0.455 e. The number of hydrogen-bond acceptors (Lipinski definition) is 5. The minimum Gasteiger partial charge on any atom is -0.455 e. The molecule has 2 atom stereocenters. The molecule has 0 unspecified atom stereocenters. The number of amides is 3. The minimum absolute atomic E-state index is 0.0600. The number of hydrogen-bond donors (Lipinski definition) is 0. The summed E-state index contributed by atoms with van der Waals surface area (Å²) in [4.78, 5) is 51.3. The predicted molar refractivity (Wildman–Crippen MR) is 103 cm³/mol. The molecule has 2 fully saturated rings. The van der Waals surface area contributed by atoms with Crippen LogP contribution in [-0.2, 0) is 23.9 Å². The van der Waals surface area contributed by atoms with E-state index in [0.717, 1.165) is 22.6 Å². The van der Waals surface area contributed by atoms with Crippen molar-refractivity contribution in [1.29, 1.82) is 0 Å². The molecule has 0 saturated carbocycles. The molecule has 0 aliphatic carbocycles. The van der Waals surface area contributed by atoms with Crippen molar-refractivity contribution in [3.63, 3.8) is 0 Å². The van der Waals surface area contributed by atoms with Gasteiger partial charge in [0, 0.05) is 31.6 Å². The number of benzene rings is 1. The van der Waals surface area contributed by atoms with Gasteiger partial charge in [-0.2, -0.15) is 0 Å². The number of carbonyl (C=O) groups excluding carboxylic acids is 4. The van der Waals surface area contributed by atoms with Gasteiger partial charge >= 0.3 is 5.97 Å². The van der Waals surface area contributed by atoms with E-state index in [1.807, 2.05) is 24.3 Å². The second-order valence-corrected chi connectivity index (χ2v) is 7.42. The van der Waals surface area contributed by atoms with Crippen LogP contribution in [0.15, 0.2) is 24.3 Å². The normalized spacial score (nSPS) is 20.6. The Labute approximate surface area is 164 Å². The Kier molecular flexibility index (Phi) is 6.11. The lowest BCUT2D eigenvalue weighted by Crippen LogP contribution is -2.36. The molecule has 7 nitrogen and oxygen atoms in total. The van der Waals surface area contributed by atoms with E-state index < -0.39 is 24.4 Å². The van der Waals surface area contributed by atoms with Gasteiger partial charge in [0.25, 0.3) is 5.91 Å². The van der Waals surface area contributed by atoms with E-state index in [1.54, 1.807) is 4.90 Å². The van der Waals surface area contributed by atoms with Crippen LogP contribution in [0.25, 0.3) is 0 Å². The highest BCUT2D eigenvalue weighted by atomic mass is 16.5. The summed E-state index contributed by atoms with van der Waals surface area (Å²) in [6.45, 7) is 4.35. The second kappa shape index (κ2) is 8.54. The number of imide groups is 1. The maximum absolute atomic E-state index is 12.5. The molecule has 2 saturated heterocycles. The van der Waals surface area contributed by atoms with Gasteiger partial charge < -0.3 is 9.64 Å². The molecule has 2 aliphatic heterocycles. The third-order valence-electron chi connectivity index (χ3n) is 5.54. The number of para-hydroxylation sites is 1. The highest BCUT2D eigenvalue weighted by Crippen LogP contribution is 2.33. The molecular formula is C21H26N2O5. The Bertz CT molecular complexity index is 791. The van der Waals surface area contributed by atoms with Crippen LogP contribution < -0.4 is 4.90 Å². The summed E-state index contributed by atoms with van der Waals surface area (Å²) < 4.78 is 5.12. The van der Waals surface area contributed by atoms with E-state index in [9.17, 15) is 19.2 Å². The fourth-order valence-corrected chi connectivity index (χ4v) is 3.71. The van der Waals surface area contributed by atoms with Crippen LogP contribution in [0.4, 0.5) is 5.69 Å². The zero-order valence-corrected chi connectivity index (χ0v) is 16.3. The van der Waals surface area contributed by atoms with Crippen molar-refractivity contribution in [2.45, 2.75) is 45.4 Å². The first-order valence-corrected chi connectivity index (χ1v) is 9.81. The van der Waals surface area contributed by atoms with Gasteiger partial charge in [0.1, 0.15) is 0 Å². The van der Waals surface area contributed by atoms with Gasteiger partial charge in [-0.3, -0.25) is 24.1 Å². The fourth-order valence-electron chi connectivity index (χ4n) is 3.71. The van der Waals surface area contributed by atoms with E-state index in [1.165, 1.54) is 0 Å². The molecular weight excluding hydrogens is 360 g/mol. The van der Waals surface area contributed by atoms with Gasteiger partial charge in [0.05, 0.1) is 5.92 Å². The van der Waals surface area contributed by atoms with E-state index in [0.29, 0.717) is 25.3 Å². The number of ether oxygens (including phenoxy) is 1. The summed E-state index contributed by atoms with van der Waals surface area (Å²) in [5, 5.41) is 0. The molecule has 2 heterocycles. The van der Waals surface area contributed by atoms with Crippen molar-refractivity contribution in [2.24, 2.45) is 5.92 Å². The molecule has 1 aromatic rings. The fraction of sp³-hybridized carbons (Fsp3) is 0.524.